The van der Waals surface area contributed by atoms with Crippen LogP contribution in [0.1, 0.15) is 22.3 Å². The summed E-state index contributed by atoms with van der Waals surface area (Å²) in [6.07, 6.45) is 0.999. The lowest BCUT2D eigenvalue weighted by Gasteiger charge is -2.20. The number of benzene rings is 1. The molecule has 0 N–H and O–H groups in total. The summed E-state index contributed by atoms with van der Waals surface area (Å²) in [6.45, 7) is 3.21. The Morgan fingerprint density at radius 1 is 1.44 bits per heavy atom. The molecule has 0 aliphatic carbocycles. The van der Waals surface area contributed by atoms with Gasteiger partial charge in [0.1, 0.15) is 5.82 Å². The van der Waals surface area contributed by atoms with E-state index in [0.717, 1.165) is 19.5 Å². The van der Waals surface area contributed by atoms with Crippen LogP contribution >= 0.6 is 0 Å². The number of carbonyl (C=O) groups excluding carboxylic acids is 1. The molecule has 1 aromatic carbocycles. The number of halogens is 1. The van der Waals surface area contributed by atoms with E-state index < -0.39 is 0 Å². The molecule has 1 unspecified atom stereocenters. The van der Waals surface area contributed by atoms with E-state index in [1.807, 2.05) is 19.0 Å². The van der Waals surface area contributed by atoms with Crippen molar-refractivity contribution in [2.45, 2.75) is 19.4 Å². The maximum Gasteiger partial charge on any atom is 0.253 e. The highest BCUT2D eigenvalue weighted by Crippen LogP contribution is 2.17. The van der Waals surface area contributed by atoms with Crippen molar-refractivity contribution in [3.8, 4) is 0 Å². The predicted molar refractivity (Wildman–Crippen MR) is 69.1 cm³/mol. The molecule has 1 saturated heterocycles. The second-order valence-corrected chi connectivity index (χ2v) is 5.12. The van der Waals surface area contributed by atoms with E-state index in [0.29, 0.717) is 17.2 Å². The number of likely N-dealkylation sites (tertiary alicyclic amines) is 1. The van der Waals surface area contributed by atoms with Crippen LogP contribution in [0.4, 0.5) is 4.39 Å². The normalized spacial score (nSPS) is 19.6. The third-order valence-electron chi connectivity index (χ3n) is 3.59. The first-order valence-electron chi connectivity index (χ1n) is 6.21. The summed E-state index contributed by atoms with van der Waals surface area (Å²) in [6, 6.07) is 4.98. The lowest BCUT2D eigenvalue weighted by atomic mass is 10.1. The molecule has 1 fully saturated rings. The molecule has 0 bridgehead atoms. The smallest absolute Gasteiger partial charge is 0.253 e. The number of likely N-dealkylation sites (N-methyl/N-ethyl adjacent to an activating group) is 1. The number of hydrogen-bond acceptors (Lipinski definition) is 2. The van der Waals surface area contributed by atoms with E-state index in [4.69, 9.17) is 0 Å². The summed E-state index contributed by atoms with van der Waals surface area (Å²) in [7, 11) is 4.06. The van der Waals surface area contributed by atoms with Gasteiger partial charge in [-0.2, -0.15) is 0 Å². The molecule has 1 amide bonds. The van der Waals surface area contributed by atoms with Crippen molar-refractivity contribution in [2.75, 3.05) is 27.2 Å². The molecular weight excluding hydrogens is 231 g/mol. The molecule has 1 aliphatic rings. The Labute approximate surface area is 107 Å². The van der Waals surface area contributed by atoms with Crippen molar-refractivity contribution in [2.24, 2.45) is 0 Å². The minimum atomic E-state index is -0.265. The van der Waals surface area contributed by atoms with Gasteiger partial charge in [-0.3, -0.25) is 4.79 Å². The van der Waals surface area contributed by atoms with Crippen LogP contribution in [0.15, 0.2) is 18.2 Å². The van der Waals surface area contributed by atoms with Crippen molar-refractivity contribution < 1.29 is 9.18 Å². The van der Waals surface area contributed by atoms with Gasteiger partial charge in [-0.05, 0) is 51.2 Å². The first-order chi connectivity index (χ1) is 8.49. The lowest BCUT2D eigenvalue weighted by molar-refractivity contribution is 0.0783. The van der Waals surface area contributed by atoms with Gasteiger partial charge in [0.05, 0.1) is 0 Å². The topological polar surface area (TPSA) is 23.6 Å². The maximum atomic E-state index is 13.2. The molecule has 2 rings (SSSR count). The summed E-state index contributed by atoms with van der Waals surface area (Å²) in [5.74, 6) is -0.262. The van der Waals surface area contributed by atoms with E-state index in [9.17, 15) is 9.18 Å². The van der Waals surface area contributed by atoms with Crippen LogP contribution in [0.5, 0.6) is 0 Å². The van der Waals surface area contributed by atoms with Crippen molar-refractivity contribution in [1.29, 1.82) is 0 Å². The van der Waals surface area contributed by atoms with E-state index >= 15 is 0 Å². The van der Waals surface area contributed by atoms with Gasteiger partial charge in [0, 0.05) is 24.7 Å². The summed E-state index contributed by atoms with van der Waals surface area (Å²) in [5, 5.41) is 0. The monoisotopic (exact) mass is 250 g/mol. The van der Waals surface area contributed by atoms with E-state index in [1.54, 1.807) is 19.1 Å². The lowest BCUT2D eigenvalue weighted by Crippen LogP contribution is -2.34. The zero-order valence-corrected chi connectivity index (χ0v) is 11.1. The van der Waals surface area contributed by atoms with E-state index in [1.165, 1.54) is 6.07 Å². The number of aryl methyl sites for hydroxylation is 1. The second-order valence-electron chi connectivity index (χ2n) is 5.12. The summed E-state index contributed by atoms with van der Waals surface area (Å²) in [4.78, 5) is 16.3. The molecule has 0 spiro atoms. The van der Waals surface area contributed by atoms with Gasteiger partial charge in [-0.25, -0.2) is 4.39 Å². The predicted octanol–water partition coefficient (Wildman–Crippen LogP) is 1.91. The first kappa shape index (κ1) is 13.0. The highest BCUT2D eigenvalue weighted by atomic mass is 19.1. The Kier molecular flexibility index (Phi) is 3.66. The van der Waals surface area contributed by atoms with Crippen LogP contribution in [-0.2, 0) is 0 Å². The van der Waals surface area contributed by atoms with Gasteiger partial charge in [0.25, 0.3) is 5.91 Å². The number of nitrogens with zero attached hydrogens (tertiary/aromatic N) is 2. The minimum Gasteiger partial charge on any atom is -0.337 e. The van der Waals surface area contributed by atoms with Gasteiger partial charge in [-0.1, -0.05) is 0 Å². The Bertz CT molecular complexity index is 459. The van der Waals surface area contributed by atoms with Gasteiger partial charge >= 0.3 is 0 Å². The molecule has 1 heterocycles. The third kappa shape index (κ3) is 2.53. The van der Waals surface area contributed by atoms with Crippen molar-refractivity contribution in [3.63, 3.8) is 0 Å². The maximum absolute atomic E-state index is 13.2. The van der Waals surface area contributed by atoms with Crippen molar-refractivity contribution in [1.82, 2.24) is 9.80 Å². The van der Waals surface area contributed by atoms with Crippen LogP contribution in [0.2, 0.25) is 0 Å². The molecule has 0 aromatic heterocycles. The van der Waals surface area contributed by atoms with Gasteiger partial charge < -0.3 is 9.80 Å². The highest BCUT2D eigenvalue weighted by molar-refractivity contribution is 5.94. The number of amides is 1. The molecular formula is C14H19FN2O. The SMILES string of the molecule is Cc1cc(C(=O)N2CCC(N(C)C)C2)ccc1F. The number of rotatable bonds is 2. The van der Waals surface area contributed by atoms with Crippen LogP contribution < -0.4 is 0 Å². The van der Waals surface area contributed by atoms with Gasteiger partial charge in [-0.15, -0.1) is 0 Å². The Morgan fingerprint density at radius 2 is 2.17 bits per heavy atom. The average molecular weight is 250 g/mol. The zero-order valence-electron chi connectivity index (χ0n) is 11.1. The highest BCUT2D eigenvalue weighted by Gasteiger charge is 2.28. The van der Waals surface area contributed by atoms with Crippen molar-refractivity contribution in [3.05, 3.63) is 35.1 Å². The van der Waals surface area contributed by atoms with Gasteiger partial charge in [0.2, 0.25) is 0 Å². The van der Waals surface area contributed by atoms with Crippen LogP contribution in [-0.4, -0.2) is 48.9 Å². The van der Waals surface area contributed by atoms with E-state index in [-0.39, 0.29) is 11.7 Å². The molecule has 98 valence electrons. The van der Waals surface area contributed by atoms with Crippen molar-refractivity contribution >= 4 is 5.91 Å². The van der Waals surface area contributed by atoms with Crippen LogP contribution in [0.25, 0.3) is 0 Å². The fourth-order valence-electron chi connectivity index (χ4n) is 2.31. The standard InChI is InChI=1S/C14H19FN2O/c1-10-8-11(4-5-13(10)15)14(18)17-7-6-12(9-17)16(2)3/h4-5,8,12H,6-7,9H2,1-3H3. The van der Waals surface area contributed by atoms with Crippen LogP contribution in [0.3, 0.4) is 0 Å². The van der Waals surface area contributed by atoms with Crippen LogP contribution in [0, 0.1) is 12.7 Å². The Morgan fingerprint density at radius 3 is 2.72 bits per heavy atom. The number of carbonyl (C=O) groups is 1. The van der Waals surface area contributed by atoms with E-state index in [2.05, 4.69) is 4.90 Å². The quantitative estimate of drug-likeness (QED) is 0.800. The summed E-state index contributed by atoms with van der Waals surface area (Å²) >= 11 is 0. The largest absolute Gasteiger partial charge is 0.337 e. The molecule has 18 heavy (non-hydrogen) atoms. The summed E-state index contributed by atoms with van der Waals surface area (Å²) in [5.41, 5.74) is 1.09. The minimum absolute atomic E-state index is 0.00227. The second kappa shape index (κ2) is 5.06. The average Bonchev–Trinajstić information content (AvgIpc) is 2.81. The molecule has 0 radical (unpaired) electrons. The third-order valence-corrected chi connectivity index (χ3v) is 3.59. The molecule has 4 heteroatoms. The Hall–Kier alpha value is -1.42. The molecule has 1 aromatic rings. The summed E-state index contributed by atoms with van der Waals surface area (Å²) < 4.78 is 13.2. The molecule has 1 aliphatic heterocycles. The first-order valence-corrected chi connectivity index (χ1v) is 6.21. The number of hydrogen-bond donors (Lipinski definition) is 0. The fraction of sp³-hybridized carbons (Fsp3) is 0.500. The Balaban J connectivity index is 2.10. The molecule has 1 atom stereocenters. The molecule has 0 saturated carbocycles. The fourth-order valence-corrected chi connectivity index (χ4v) is 2.31. The molecule has 3 nitrogen and oxygen atoms in total. The van der Waals surface area contributed by atoms with Gasteiger partial charge in [0.15, 0.2) is 0 Å². The zero-order chi connectivity index (χ0) is 13.3.